The second-order valence-corrected chi connectivity index (χ2v) is 5.35. The van der Waals surface area contributed by atoms with E-state index in [0.717, 1.165) is 24.3 Å². The summed E-state index contributed by atoms with van der Waals surface area (Å²) in [6.07, 6.45) is 0. The van der Waals surface area contributed by atoms with Crippen molar-refractivity contribution in [3.63, 3.8) is 0 Å². The first-order chi connectivity index (χ1) is 9.29. The molecule has 2 aromatic carbocycles. The fraction of sp³-hybridized carbons (Fsp3) is 0. The first-order valence-corrected chi connectivity index (χ1v) is 6.80. The van der Waals surface area contributed by atoms with Gasteiger partial charge in [-0.25, -0.2) is 8.78 Å². The molecule has 0 atom stereocenters. The molecule has 104 valence electrons. The van der Waals surface area contributed by atoms with Gasteiger partial charge in [0.1, 0.15) is 16.5 Å². The van der Waals surface area contributed by atoms with Gasteiger partial charge in [-0.2, -0.15) is 8.42 Å². The van der Waals surface area contributed by atoms with E-state index in [1.807, 2.05) is 0 Å². The van der Waals surface area contributed by atoms with Crippen molar-refractivity contribution in [1.82, 2.24) is 0 Å². The molecule has 2 aromatic rings. The van der Waals surface area contributed by atoms with Crippen LogP contribution in [0.5, 0.6) is 0 Å². The third-order valence-corrected chi connectivity index (χ3v) is 3.43. The van der Waals surface area contributed by atoms with Crippen LogP contribution in [0.3, 0.4) is 0 Å². The summed E-state index contributed by atoms with van der Waals surface area (Å²) >= 11 is 0. The average molecular weight is 298 g/mol. The zero-order chi connectivity index (χ0) is 14.9. The summed E-state index contributed by atoms with van der Waals surface area (Å²) in [6.45, 7) is 0. The Kier molecular flexibility index (Phi) is 3.65. The quantitative estimate of drug-likeness (QED) is 0.698. The van der Waals surface area contributed by atoms with Crippen LogP contribution in [0.15, 0.2) is 47.4 Å². The van der Waals surface area contributed by atoms with Crippen LogP contribution in [0.4, 0.5) is 8.78 Å². The molecule has 0 aliphatic rings. The van der Waals surface area contributed by atoms with Crippen LogP contribution in [0, 0.1) is 11.6 Å². The van der Waals surface area contributed by atoms with Crippen LogP contribution >= 0.6 is 0 Å². The van der Waals surface area contributed by atoms with Crippen molar-refractivity contribution in [2.75, 3.05) is 0 Å². The summed E-state index contributed by atoms with van der Waals surface area (Å²) in [5.74, 6) is -2.49. The lowest BCUT2D eigenvalue weighted by atomic mass is 10.0. The lowest BCUT2D eigenvalue weighted by Crippen LogP contribution is -2.07. The van der Waals surface area contributed by atoms with Crippen LogP contribution in [-0.2, 0) is 10.1 Å². The number of benzene rings is 2. The number of rotatable bonds is 3. The van der Waals surface area contributed by atoms with Crippen molar-refractivity contribution >= 4 is 15.9 Å². The fourth-order valence-electron chi connectivity index (χ4n) is 1.64. The molecular formula is C13H8F2O4S. The molecule has 0 fully saturated rings. The highest BCUT2D eigenvalue weighted by Crippen LogP contribution is 2.19. The first kappa shape index (κ1) is 14.3. The van der Waals surface area contributed by atoms with Gasteiger partial charge in [0, 0.05) is 11.1 Å². The number of ketones is 1. The zero-order valence-corrected chi connectivity index (χ0v) is 10.7. The Bertz CT molecular complexity index is 785. The van der Waals surface area contributed by atoms with Crippen LogP contribution in [0.25, 0.3) is 0 Å². The molecule has 0 amide bonds. The van der Waals surface area contributed by atoms with Crippen LogP contribution < -0.4 is 0 Å². The largest absolute Gasteiger partial charge is 0.297 e. The van der Waals surface area contributed by atoms with E-state index in [4.69, 9.17) is 4.55 Å². The molecule has 0 spiro atoms. The maximum absolute atomic E-state index is 13.3. The van der Waals surface area contributed by atoms with Gasteiger partial charge in [-0.1, -0.05) is 12.1 Å². The molecule has 0 saturated carbocycles. The highest BCUT2D eigenvalue weighted by atomic mass is 32.2. The van der Waals surface area contributed by atoms with Crippen molar-refractivity contribution in [2.45, 2.75) is 4.90 Å². The maximum atomic E-state index is 13.3. The molecule has 0 aliphatic heterocycles. The second kappa shape index (κ2) is 5.10. The van der Waals surface area contributed by atoms with E-state index in [9.17, 15) is 22.0 Å². The molecular weight excluding hydrogens is 290 g/mol. The number of halogens is 2. The lowest BCUT2D eigenvalue weighted by Gasteiger charge is -2.04. The van der Waals surface area contributed by atoms with E-state index in [-0.39, 0.29) is 11.1 Å². The highest BCUT2D eigenvalue weighted by molar-refractivity contribution is 7.85. The van der Waals surface area contributed by atoms with Crippen molar-refractivity contribution in [1.29, 1.82) is 0 Å². The van der Waals surface area contributed by atoms with Gasteiger partial charge >= 0.3 is 0 Å². The molecule has 0 aliphatic carbocycles. The second-order valence-electron chi connectivity index (χ2n) is 3.96. The minimum atomic E-state index is -4.78. The Labute approximate surface area is 113 Å². The predicted molar refractivity (Wildman–Crippen MR) is 66.0 cm³/mol. The standard InChI is InChI=1S/C13H8F2O4S/c14-10-3-1-2-8(6-10)13(16)9-4-5-11(15)12(7-9)20(17,18)19/h1-7H,(H,17,18,19). The predicted octanol–water partition coefficient (Wildman–Crippen LogP) is 2.44. The van der Waals surface area contributed by atoms with E-state index < -0.39 is 32.4 Å². The smallest absolute Gasteiger partial charge is 0.289 e. The van der Waals surface area contributed by atoms with E-state index in [1.54, 1.807) is 0 Å². The number of carbonyl (C=O) groups is 1. The van der Waals surface area contributed by atoms with Gasteiger partial charge in [0.15, 0.2) is 5.78 Å². The summed E-state index contributed by atoms with van der Waals surface area (Å²) in [7, 11) is -4.78. The van der Waals surface area contributed by atoms with Gasteiger partial charge in [-0.15, -0.1) is 0 Å². The van der Waals surface area contributed by atoms with Gasteiger partial charge < -0.3 is 0 Å². The van der Waals surface area contributed by atoms with Gasteiger partial charge in [-0.3, -0.25) is 9.35 Å². The topological polar surface area (TPSA) is 71.4 Å². The summed E-state index contributed by atoms with van der Waals surface area (Å²) < 4.78 is 57.1. The minimum absolute atomic E-state index is 0.0158. The van der Waals surface area contributed by atoms with Crippen molar-refractivity contribution in [3.8, 4) is 0 Å². The minimum Gasteiger partial charge on any atom is -0.289 e. The first-order valence-electron chi connectivity index (χ1n) is 5.36. The molecule has 0 saturated heterocycles. The summed E-state index contributed by atoms with van der Waals surface area (Å²) in [5, 5.41) is 0. The van der Waals surface area contributed by atoms with Crippen molar-refractivity contribution < 1.29 is 26.5 Å². The molecule has 0 bridgehead atoms. The summed E-state index contributed by atoms with van der Waals surface area (Å²) in [6, 6.07) is 7.27. The lowest BCUT2D eigenvalue weighted by molar-refractivity contribution is 0.103. The monoisotopic (exact) mass is 298 g/mol. The van der Waals surface area contributed by atoms with Gasteiger partial charge in [0.25, 0.3) is 10.1 Å². The normalized spacial score (nSPS) is 11.3. The van der Waals surface area contributed by atoms with Crippen LogP contribution in [0.1, 0.15) is 15.9 Å². The van der Waals surface area contributed by atoms with E-state index in [2.05, 4.69) is 0 Å². The number of hydrogen-bond acceptors (Lipinski definition) is 3. The van der Waals surface area contributed by atoms with Gasteiger partial charge in [-0.05, 0) is 30.3 Å². The fourth-order valence-corrected chi connectivity index (χ4v) is 2.23. The van der Waals surface area contributed by atoms with E-state index >= 15 is 0 Å². The third-order valence-electron chi connectivity index (χ3n) is 2.56. The molecule has 0 aromatic heterocycles. The van der Waals surface area contributed by atoms with Crippen LogP contribution in [0.2, 0.25) is 0 Å². The molecule has 7 heteroatoms. The Balaban J connectivity index is 2.52. The molecule has 0 heterocycles. The highest BCUT2D eigenvalue weighted by Gasteiger charge is 2.19. The molecule has 1 N–H and O–H groups in total. The number of carbonyl (C=O) groups excluding carboxylic acids is 1. The van der Waals surface area contributed by atoms with Crippen molar-refractivity contribution in [2.24, 2.45) is 0 Å². The summed E-state index contributed by atoms with van der Waals surface area (Å²) in [4.78, 5) is 11.0. The van der Waals surface area contributed by atoms with Gasteiger partial charge in [0.05, 0.1) is 0 Å². The van der Waals surface area contributed by atoms with E-state index in [1.165, 1.54) is 12.1 Å². The Morgan fingerprint density at radius 3 is 2.25 bits per heavy atom. The summed E-state index contributed by atoms with van der Waals surface area (Å²) in [5.41, 5.74) is -0.192. The SMILES string of the molecule is O=C(c1cccc(F)c1)c1ccc(F)c(S(=O)(=O)O)c1. The Morgan fingerprint density at radius 2 is 1.65 bits per heavy atom. The molecule has 4 nitrogen and oxygen atoms in total. The third kappa shape index (κ3) is 2.89. The van der Waals surface area contributed by atoms with Crippen molar-refractivity contribution in [3.05, 3.63) is 65.2 Å². The number of hydrogen-bond donors (Lipinski definition) is 1. The Hall–Kier alpha value is -2.12. The average Bonchev–Trinajstić information content (AvgIpc) is 2.37. The Morgan fingerprint density at radius 1 is 1.00 bits per heavy atom. The molecule has 20 heavy (non-hydrogen) atoms. The molecule has 2 rings (SSSR count). The maximum Gasteiger partial charge on any atom is 0.297 e. The van der Waals surface area contributed by atoms with Crippen LogP contribution in [-0.4, -0.2) is 18.8 Å². The molecule has 0 unspecified atom stereocenters. The van der Waals surface area contributed by atoms with E-state index in [0.29, 0.717) is 6.07 Å². The van der Waals surface area contributed by atoms with Gasteiger partial charge in [0.2, 0.25) is 0 Å². The zero-order valence-electron chi connectivity index (χ0n) is 9.88. The molecule has 0 radical (unpaired) electrons.